The highest BCUT2D eigenvalue weighted by Gasteiger charge is 2.34. The Morgan fingerprint density at radius 3 is 2.75 bits per heavy atom. The molecule has 0 aliphatic rings. The lowest BCUT2D eigenvalue weighted by atomic mass is 10.0. The number of aryl methyl sites for hydroxylation is 1. The molecule has 0 saturated carbocycles. The molecular weight excluding hydrogens is 362 g/mol. The quantitative estimate of drug-likeness (QED) is 0.569. The third-order valence-electron chi connectivity index (χ3n) is 4.42. The second kappa shape index (κ2) is 7.69. The summed E-state index contributed by atoms with van der Waals surface area (Å²) in [5.74, 6) is -0.506. The van der Waals surface area contributed by atoms with Crippen molar-refractivity contribution in [2.24, 2.45) is 5.73 Å². The molecule has 8 heteroatoms. The van der Waals surface area contributed by atoms with E-state index in [-0.39, 0.29) is 12.2 Å². The number of ether oxygens (including phenoxy) is 1. The minimum Gasteiger partial charge on any atom is -0.487 e. The maximum atomic E-state index is 12.8. The number of fused-ring (bicyclic) bond motifs is 1. The number of primary amides is 1. The molecule has 146 valence electrons. The van der Waals surface area contributed by atoms with Crippen LogP contribution in [-0.4, -0.2) is 34.1 Å². The molecule has 2 heterocycles. The Morgan fingerprint density at radius 2 is 2.11 bits per heavy atom. The number of nitrogens with two attached hydrogens (primary N) is 1. The summed E-state index contributed by atoms with van der Waals surface area (Å²) < 4.78 is 11.4. The third kappa shape index (κ3) is 3.81. The van der Waals surface area contributed by atoms with Crippen molar-refractivity contribution in [3.8, 4) is 5.75 Å². The van der Waals surface area contributed by atoms with Crippen molar-refractivity contribution >= 4 is 22.8 Å². The molecule has 0 radical (unpaired) electrons. The van der Waals surface area contributed by atoms with Crippen LogP contribution in [0.3, 0.4) is 0 Å². The smallest absolute Gasteiger partial charge is 0.256 e. The van der Waals surface area contributed by atoms with Crippen LogP contribution in [0.5, 0.6) is 5.75 Å². The second-order valence-corrected chi connectivity index (χ2v) is 6.61. The Kier molecular flexibility index (Phi) is 5.32. The largest absolute Gasteiger partial charge is 0.487 e. The molecule has 0 aliphatic heterocycles. The number of hydrogen-bond acceptors (Lipinski definition) is 6. The van der Waals surface area contributed by atoms with Gasteiger partial charge in [0.05, 0.1) is 17.9 Å². The Balaban J connectivity index is 1.89. The number of benzene rings is 1. The monoisotopic (exact) mass is 383 g/mol. The maximum absolute atomic E-state index is 12.8. The maximum Gasteiger partial charge on any atom is 0.256 e. The van der Waals surface area contributed by atoms with Crippen molar-refractivity contribution < 1.29 is 23.8 Å². The molecule has 3 aromatic rings. The highest BCUT2D eigenvalue weighted by molar-refractivity contribution is 6.09. The molecule has 0 aliphatic carbocycles. The van der Waals surface area contributed by atoms with Crippen LogP contribution < -0.4 is 15.8 Å². The SMILES string of the molecule is Cc1oc2ccc(OCc3ccccn3)cc2c1C(=O)N[C@@](C)(CO)C(N)=O. The number of hydrogen-bond donors (Lipinski definition) is 3. The van der Waals surface area contributed by atoms with E-state index < -0.39 is 24.0 Å². The number of carbonyl (C=O) groups excluding carboxylic acids is 2. The van der Waals surface area contributed by atoms with Gasteiger partial charge >= 0.3 is 0 Å². The highest BCUT2D eigenvalue weighted by Crippen LogP contribution is 2.29. The van der Waals surface area contributed by atoms with Crippen LogP contribution in [0.25, 0.3) is 11.0 Å². The summed E-state index contributed by atoms with van der Waals surface area (Å²) in [4.78, 5) is 28.5. The first-order chi connectivity index (χ1) is 13.3. The first-order valence-electron chi connectivity index (χ1n) is 8.63. The summed E-state index contributed by atoms with van der Waals surface area (Å²) in [5, 5.41) is 12.4. The third-order valence-corrected chi connectivity index (χ3v) is 4.42. The van der Waals surface area contributed by atoms with Gasteiger partial charge in [-0.3, -0.25) is 14.6 Å². The fourth-order valence-electron chi connectivity index (χ4n) is 2.70. The number of furan rings is 1. The zero-order chi connectivity index (χ0) is 20.3. The van der Waals surface area contributed by atoms with Crippen LogP contribution in [0.1, 0.15) is 28.7 Å². The lowest BCUT2D eigenvalue weighted by molar-refractivity contribution is -0.124. The number of carbonyl (C=O) groups is 2. The van der Waals surface area contributed by atoms with Crippen LogP contribution in [0, 0.1) is 6.92 Å². The molecule has 2 amide bonds. The molecule has 0 fully saturated rings. The summed E-state index contributed by atoms with van der Waals surface area (Å²) in [6, 6.07) is 10.7. The number of amides is 2. The molecular formula is C20H21N3O5. The van der Waals surface area contributed by atoms with Crippen molar-refractivity contribution in [1.82, 2.24) is 10.3 Å². The number of pyridine rings is 1. The molecule has 1 aromatic carbocycles. The van der Waals surface area contributed by atoms with Gasteiger partial charge in [-0.15, -0.1) is 0 Å². The predicted octanol–water partition coefficient (Wildman–Crippen LogP) is 1.68. The summed E-state index contributed by atoms with van der Waals surface area (Å²) >= 11 is 0. The fraction of sp³-hybridized carbons (Fsp3) is 0.250. The average Bonchev–Trinajstić information content (AvgIpc) is 3.02. The summed E-state index contributed by atoms with van der Waals surface area (Å²) in [5.41, 5.74) is 5.22. The number of nitrogens with zero attached hydrogens (tertiary/aromatic N) is 1. The molecule has 1 atom stereocenters. The van der Waals surface area contributed by atoms with Crippen molar-refractivity contribution in [3.05, 3.63) is 59.6 Å². The molecule has 0 unspecified atom stereocenters. The molecule has 0 bridgehead atoms. The first kappa shape index (κ1) is 19.4. The van der Waals surface area contributed by atoms with Crippen LogP contribution in [0.4, 0.5) is 0 Å². The Labute approximate surface area is 161 Å². The van der Waals surface area contributed by atoms with E-state index in [2.05, 4.69) is 10.3 Å². The number of nitrogens with one attached hydrogen (secondary N) is 1. The van der Waals surface area contributed by atoms with Crippen molar-refractivity contribution in [2.75, 3.05) is 6.61 Å². The summed E-state index contributed by atoms with van der Waals surface area (Å²) in [6.45, 7) is 2.65. The van der Waals surface area contributed by atoms with E-state index in [9.17, 15) is 14.7 Å². The molecule has 4 N–H and O–H groups in total. The zero-order valence-electron chi connectivity index (χ0n) is 15.6. The van der Waals surface area contributed by atoms with Crippen molar-refractivity contribution in [2.45, 2.75) is 26.0 Å². The van der Waals surface area contributed by atoms with Crippen molar-refractivity contribution in [1.29, 1.82) is 0 Å². The van der Waals surface area contributed by atoms with Crippen LogP contribution in [0.15, 0.2) is 47.0 Å². The number of aliphatic hydroxyl groups is 1. The minimum absolute atomic E-state index is 0.249. The molecule has 28 heavy (non-hydrogen) atoms. The van der Waals surface area contributed by atoms with E-state index in [0.717, 1.165) is 5.69 Å². The predicted molar refractivity (Wildman–Crippen MR) is 102 cm³/mol. The van der Waals surface area contributed by atoms with E-state index in [4.69, 9.17) is 14.9 Å². The normalized spacial score (nSPS) is 13.1. The zero-order valence-corrected chi connectivity index (χ0v) is 15.6. The Bertz CT molecular complexity index is 1020. The molecule has 2 aromatic heterocycles. The first-order valence-corrected chi connectivity index (χ1v) is 8.63. The summed E-state index contributed by atoms with van der Waals surface area (Å²) in [6.07, 6.45) is 1.68. The lowest BCUT2D eigenvalue weighted by Crippen LogP contribution is -2.57. The topological polar surface area (TPSA) is 128 Å². The number of aliphatic hydroxyl groups excluding tert-OH is 1. The van der Waals surface area contributed by atoms with Crippen LogP contribution >= 0.6 is 0 Å². The minimum atomic E-state index is -1.58. The van der Waals surface area contributed by atoms with Crippen LogP contribution in [0.2, 0.25) is 0 Å². The molecule has 0 spiro atoms. The summed E-state index contributed by atoms with van der Waals surface area (Å²) in [7, 11) is 0. The van der Waals surface area contributed by atoms with Gasteiger partial charge in [-0.1, -0.05) is 6.07 Å². The van der Waals surface area contributed by atoms with Gasteiger partial charge < -0.3 is 25.3 Å². The van der Waals surface area contributed by atoms with E-state index in [1.807, 2.05) is 18.2 Å². The molecule has 0 saturated heterocycles. The Morgan fingerprint density at radius 1 is 1.32 bits per heavy atom. The van der Waals surface area contributed by atoms with Gasteiger partial charge in [-0.2, -0.15) is 0 Å². The highest BCUT2D eigenvalue weighted by atomic mass is 16.5. The van der Waals surface area contributed by atoms with E-state index >= 15 is 0 Å². The number of aromatic nitrogens is 1. The lowest BCUT2D eigenvalue weighted by Gasteiger charge is -2.24. The van der Waals surface area contributed by atoms with E-state index in [1.165, 1.54) is 6.92 Å². The van der Waals surface area contributed by atoms with Gasteiger partial charge in [0.1, 0.15) is 29.2 Å². The van der Waals surface area contributed by atoms with E-state index in [1.54, 1.807) is 31.3 Å². The fourth-order valence-corrected chi connectivity index (χ4v) is 2.70. The van der Waals surface area contributed by atoms with Gasteiger partial charge in [-0.25, -0.2) is 0 Å². The standard InChI is InChI=1S/C20H21N3O5/c1-12-17(18(25)23-20(2,11-24)19(21)26)15-9-14(6-7-16(15)28-12)27-10-13-5-3-4-8-22-13/h3-9,24H,10-11H2,1-2H3,(H2,21,26)(H,23,25)/t20-/m0/s1. The van der Waals surface area contributed by atoms with Gasteiger partial charge in [0.15, 0.2) is 0 Å². The van der Waals surface area contributed by atoms with E-state index in [0.29, 0.717) is 22.5 Å². The van der Waals surface area contributed by atoms with Gasteiger partial charge in [0.2, 0.25) is 5.91 Å². The second-order valence-electron chi connectivity index (χ2n) is 6.61. The molecule has 3 rings (SSSR count). The van der Waals surface area contributed by atoms with Gasteiger partial charge in [0, 0.05) is 11.6 Å². The Hall–Kier alpha value is -3.39. The molecule has 8 nitrogen and oxygen atoms in total. The van der Waals surface area contributed by atoms with Crippen LogP contribution in [-0.2, 0) is 11.4 Å². The van der Waals surface area contributed by atoms with Gasteiger partial charge in [-0.05, 0) is 44.2 Å². The average molecular weight is 383 g/mol. The number of rotatable bonds is 7. The van der Waals surface area contributed by atoms with Crippen molar-refractivity contribution in [3.63, 3.8) is 0 Å². The van der Waals surface area contributed by atoms with Gasteiger partial charge in [0.25, 0.3) is 5.91 Å².